The van der Waals surface area contributed by atoms with E-state index in [1.54, 1.807) is 6.07 Å². The molecule has 2 atom stereocenters. The van der Waals surface area contributed by atoms with Gasteiger partial charge in [-0.15, -0.1) is 0 Å². The highest BCUT2D eigenvalue weighted by molar-refractivity contribution is 5.45. The van der Waals surface area contributed by atoms with Gasteiger partial charge < -0.3 is 20.3 Å². The maximum atomic E-state index is 10.1. The third-order valence-electron chi connectivity index (χ3n) is 4.50. The number of phenolic OH excluding ortho intramolecular Hbond substituents is 1. The predicted octanol–water partition coefficient (Wildman–Crippen LogP) is 3.21. The van der Waals surface area contributed by atoms with Gasteiger partial charge in [0.05, 0.1) is 12.7 Å². The highest BCUT2D eigenvalue weighted by atomic mass is 16.5. The molecule has 1 aromatic carbocycles. The van der Waals surface area contributed by atoms with E-state index in [-0.39, 0.29) is 11.9 Å². The van der Waals surface area contributed by atoms with Crippen molar-refractivity contribution in [3.05, 3.63) is 23.8 Å². The van der Waals surface area contributed by atoms with Crippen molar-refractivity contribution < 1.29 is 14.9 Å². The zero-order chi connectivity index (χ0) is 15.8. The van der Waals surface area contributed by atoms with E-state index in [1.165, 1.54) is 19.3 Å². The molecule has 0 radical (unpaired) electrons. The van der Waals surface area contributed by atoms with Gasteiger partial charge in [0, 0.05) is 12.1 Å². The second kappa shape index (κ2) is 9.01. The second-order valence-electron chi connectivity index (χ2n) is 6.13. The van der Waals surface area contributed by atoms with Crippen molar-refractivity contribution in [2.45, 2.75) is 58.1 Å². The lowest BCUT2D eigenvalue weighted by molar-refractivity contribution is 0.0643. The second-order valence-corrected chi connectivity index (χ2v) is 6.13. The van der Waals surface area contributed by atoms with Gasteiger partial charge in [0.25, 0.3) is 0 Å². The molecule has 124 valence electrons. The first-order valence-corrected chi connectivity index (χ1v) is 8.54. The van der Waals surface area contributed by atoms with Crippen LogP contribution in [0.2, 0.25) is 0 Å². The molecule has 2 rings (SSSR count). The van der Waals surface area contributed by atoms with E-state index in [9.17, 15) is 10.2 Å². The van der Waals surface area contributed by atoms with Crippen LogP contribution < -0.4 is 10.1 Å². The van der Waals surface area contributed by atoms with Gasteiger partial charge in [0.1, 0.15) is 0 Å². The summed E-state index contributed by atoms with van der Waals surface area (Å²) in [5.41, 5.74) is 0.864. The number of para-hydroxylation sites is 1. The SMILES string of the molecule is CCOc1cccc(CNCCCC2CCCCC2O)c1O. The summed E-state index contributed by atoms with van der Waals surface area (Å²) in [5.74, 6) is 1.26. The van der Waals surface area contributed by atoms with Crippen molar-refractivity contribution in [3.8, 4) is 11.5 Å². The molecule has 0 aliphatic heterocycles. The average molecular weight is 307 g/mol. The molecule has 0 amide bonds. The molecule has 1 aromatic rings. The molecule has 1 saturated carbocycles. The number of aliphatic hydroxyl groups excluding tert-OH is 1. The minimum absolute atomic E-state index is 0.0966. The molecule has 0 heterocycles. The fourth-order valence-corrected chi connectivity index (χ4v) is 3.22. The fourth-order valence-electron chi connectivity index (χ4n) is 3.22. The minimum Gasteiger partial charge on any atom is -0.504 e. The van der Waals surface area contributed by atoms with E-state index < -0.39 is 0 Å². The van der Waals surface area contributed by atoms with Crippen molar-refractivity contribution >= 4 is 0 Å². The highest BCUT2D eigenvalue weighted by Gasteiger charge is 2.22. The molecule has 0 spiro atoms. The Morgan fingerprint density at radius 1 is 1.27 bits per heavy atom. The van der Waals surface area contributed by atoms with Crippen LogP contribution in [0.15, 0.2) is 18.2 Å². The first-order valence-electron chi connectivity index (χ1n) is 8.54. The lowest BCUT2D eigenvalue weighted by Gasteiger charge is -2.27. The summed E-state index contributed by atoms with van der Waals surface area (Å²) in [5, 5.41) is 23.4. The first-order chi connectivity index (χ1) is 10.7. The summed E-state index contributed by atoms with van der Waals surface area (Å²) in [6, 6.07) is 5.60. The number of phenols is 1. The lowest BCUT2D eigenvalue weighted by atomic mass is 9.83. The maximum absolute atomic E-state index is 10.1. The highest BCUT2D eigenvalue weighted by Crippen LogP contribution is 2.30. The number of ether oxygens (including phenoxy) is 1. The van der Waals surface area contributed by atoms with Gasteiger partial charge in [-0.25, -0.2) is 0 Å². The van der Waals surface area contributed by atoms with Gasteiger partial charge in [0.2, 0.25) is 0 Å². The fraction of sp³-hybridized carbons (Fsp3) is 0.667. The third-order valence-corrected chi connectivity index (χ3v) is 4.50. The molecule has 0 saturated heterocycles. The van der Waals surface area contributed by atoms with Gasteiger partial charge in [-0.05, 0) is 51.1 Å². The number of nitrogens with one attached hydrogen (secondary N) is 1. The van der Waals surface area contributed by atoms with E-state index in [2.05, 4.69) is 5.32 Å². The van der Waals surface area contributed by atoms with E-state index in [0.29, 0.717) is 24.8 Å². The number of rotatable bonds is 8. The Hall–Kier alpha value is -1.26. The molecule has 2 unspecified atom stereocenters. The number of hydrogen-bond acceptors (Lipinski definition) is 4. The van der Waals surface area contributed by atoms with Crippen molar-refractivity contribution in [1.82, 2.24) is 5.32 Å². The largest absolute Gasteiger partial charge is 0.504 e. The van der Waals surface area contributed by atoms with Gasteiger partial charge in [-0.2, -0.15) is 0 Å². The van der Waals surface area contributed by atoms with Crippen LogP contribution in [-0.2, 0) is 6.54 Å². The van der Waals surface area contributed by atoms with Crippen LogP contribution >= 0.6 is 0 Å². The normalized spacial score (nSPS) is 21.7. The number of aliphatic hydroxyl groups is 1. The number of hydrogen-bond donors (Lipinski definition) is 3. The van der Waals surface area contributed by atoms with E-state index in [0.717, 1.165) is 31.4 Å². The standard InChI is InChI=1S/C18H29NO3/c1-2-22-17-11-5-8-15(18(17)21)13-19-12-6-9-14-7-3-4-10-16(14)20/h5,8,11,14,16,19-21H,2-4,6-7,9-10,12-13H2,1H3. The molecule has 0 aromatic heterocycles. The Balaban J connectivity index is 1.69. The average Bonchev–Trinajstić information content (AvgIpc) is 2.52. The molecular weight excluding hydrogens is 278 g/mol. The van der Waals surface area contributed by atoms with Crippen LogP contribution in [0.4, 0.5) is 0 Å². The topological polar surface area (TPSA) is 61.7 Å². The van der Waals surface area contributed by atoms with Crippen LogP contribution in [0.25, 0.3) is 0 Å². The summed E-state index contributed by atoms with van der Waals surface area (Å²) in [6.07, 6.45) is 6.61. The predicted molar refractivity (Wildman–Crippen MR) is 88.2 cm³/mol. The van der Waals surface area contributed by atoms with Gasteiger partial charge in [-0.3, -0.25) is 0 Å². The van der Waals surface area contributed by atoms with E-state index >= 15 is 0 Å². The van der Waals surface area contributed by atoms with E-state index in [4.69, 9.17) is 4.74 Å². The summed E-state index contributed by atoms with van der Waals surface area (Å²) < 4.78 is 5.39. The van der Waals surface area contributed by atoms with Crippen LogP contribution in [0.5, 0.6) is 11.5 Å². The maximum Gasteiger partial charge on any atom is 0.162 e. The van der Waals surface area contributed by atoms with Crippen LogP contribution in [0.1, 0.15) is 51.0 Å². The monoisotopic (exact) mass is 307 g/mol. The number of aromatic hydroxyl groups is 1. The summed E-state index contributed by atoms with van der Waals surface area (Å²) in [4.78, 5) is 0. The van der Waals surface area contributed by atoms with Crippen LogP contribution in [0.3, 0.4) is 0 Å². The Morgan fingerprint density at radius 3 is 2.86 bits per heavy atom. The van der Waals surface area contributed by atoms with Gasteiger partial charge in [0.15, 0.2) is 11.5 Å². The Bertz CT molecular complexity index is 450. The van der Waals surface area contributed by atoms with Crippen molar-refractivity contribution in [3.63, 3.8) is 0 Å². The van der Waals surface area contributed by atoms with Crippen LogP contribution in [-0.4, -0.2) is 29.5 Å². The zero-order valence-electron chi connectivity index (χ0n) is 13.6. The zero-order valence-corrected chi connectivity index (χ0v) is 13.6. The number of benzene rings is 1. The smallest absolute Gasteiger partial charge is 0.162 e. The first kappa shape index (κ1) is 17.1. The molecular formula is C18H29NO3. The van der Waals surface area contributed by atoms with Gasteiger partial charge >= 0.3 is 0 Å². The molecule has 1 fully saturated rings. The van der Waals surface area contributed by atoms with Gasteiger partial charge in [-0.1, -0.05) is 25.0 Å². The molecule has 0 bridgehead atoms. The summed E-state index contributed by atoms with van der Waals surface area (Å²) >= 11 is 0. The molecule has 4 nitrogen and oxygen atoms in total. The molecule has 3 N–H and O–H groups in total. The van der Waals surface area contributed by atoms with Crippen molar-refractivity contribution in [2.75, 3.05) is 13.2 Å². The lowest BCUT2D eigenvalue weighted by Crippen LogP contribution is -2.25. The Kier molecular flexibility index (Phi) is 7.00. The molecule has 4 heteroatoms. The van der Waals surface area contributed by atoms with E-state index in [1.807, 2.05) is 19.1 Å². The molecule has 1 aliphatic rings. The molecule has 1 aliphatic carbocycles. The van der Waals surface area contributed by atoms with Crippen molar-refractivity contribution in [1.29, 1.82) is 0 Å². The minimum atomic E-state index is -0.0966. The summed E-state index contributed by atoms with van der Waals surface area (Å²) in [6.45, 7) is 4.00. The summed E-state index contributed by atoms with van der Waals surface area (Å²) in [7, 11) is 0. The van der Waals surface area contributed by atoms with Crippen LogP contribution in [0, 0.1) is 5.92 Å². The Labute approximate surface area is 133 Å². The molecule has 22 heavy (non-hydrogen) atoms. The Morgan fingerprint density at radius 2 is 2.09 bits per heavy atom. The van der Waals surface area contributed by atoms with Crippen molar-refractivity contribution in [2.24, 2.45) is 5.92 Å². The third kappa shape index (κ3) is 4.89. The quantitative estimate of drug-likeness (QED) is 0.645.